The van der Waals surface area contributed by atoms with Gasteiger partial charge in [0.25, 0.3) is 0 Å². The zero-order valence-electron chi connectivity index (χ0n) is 11.7. The molecule has 2 rings (SSSR count). The Morgan fingerprint density at radius 2 is 1.86 bits per heavy atom. The molecular weight excluding hydrogens is 312 g/mol. The van der Waals surface area contributed by atoms with Crippen molar-refractivity contribution in [2.45, 2.75) is 24.7 Å². The van der Waals surface area contributed by atoms with Crippen LogP contribution in [0.3, 0.4) is 0 Å². The lowest BCUT2D eigenvalue weighted by Gasteiger charge is -2.10. The molecule has 5 nitrogen and oxygen atoms in total. The van der Waals surface area contributed by atoms with Crippen molar-refractivity contribution in [2.75, 3.05) is 6.26 Å². The summed E-state index contributed by atoms with van der Waals surface area (Å²) in [6, 6.07) is 6.16. The summed E-state index contributed by atoms with van der Waals surface area (Å²) in [5, 5.41) is 0.370. The Bertz CT molecular complexity index is 730. The molecule has 0 saturated carbocycles. The van der Waals surface area contributed by atoms with Crippen molar-refractivity contribution >= 4 is 21.4 Å². The van der Waals surface area contributed by atoms with E-state index in [1.165, 1.54) is 18.5 Å². The van der Waals surface area contributed by atoms with Crippen LogP contribution in [0.2, 0.25) is 5.15 Å². The Morgan fingerprint density at radius 1 is 1.19 bits per heavy atom. The lowest BCUT2D eigenvalue weighted by atomic mass is 10.2. The summed E-state index contributed by atoms with van der Waals surface area (Å²) in [6.07, 6.45) is 4.08. The number of ether oxygens (including phenoxy) is 1. The van der Waals surface area contributed by atoms with Crippen LogP contribution in [0.5, 0.6) is 11.6 Å². The maximum absolute atomic E-state index is 11.4. The standard InChI is InChI=1S/C14H15ClN2O3S/c1-3-4-12-13(15)16-9-17-14(12)20-10-5-7-11(8-6-10)21(2,18)19/h5-9H,3-4H2,1-2H3. The predicted octanol–water partition coefficient (Wildman–Crippen LogP) is 3.28. The topological polar surface area (TPSA) is 69.2 Å². The van der Waals surface area contributed by atoms with Crippen molar-refractivity contribution in [3.63, 3.8) is 0 Å². The zero-order valence-corrected chi connectivity index (χ0v) is 13.3. The van der Waals surface area contributed by atoms with Gasteiger partial charge in [-0.2, -0.15) is 0 Å². The minimum Gasteiger partial charge on any atom is -0.439 e. The molecule has 1 heterocycles. The number of sulfone groups is 1. The van der Waals surface area contributed by atoms with Crippen LogP contribution >= 0.6 is 11.6 Å². The second kappa shape index (κ2) is 6.41. The molecule has 0 spiro atoms. The Kier molecular flexibility index (Phi) is 4.80. The fraction of sp³-hybridized carbons (Fsp3) is 0.286. The van der Waals surface area contributed by atoms with E-state index >= 15 is 0 Å². The smallest absolute Gasteiger partial charge is 0.226 e. The Labute approximate surface area is 128 Å². The van der Waals surface area contributed by atoms with E-state index in [-0.39, 0.29) is 4.90 Å². The average Bonchev–Trinajstić information content (AvgIpc) is 2.42. The number of rotatable bonds is 5. The summed E-state index contributed by atoms with van der Waals surface area (Å²) in [5.74, 6) is 0.887. The number of hydrogen-bond acceptors (Lipinski definition) is 5. The summed E-state index contributed by atoms with van der Waals surface area (Å²) < 4.78 is 28.5. The van der Waals surface area contributed by atoms with Crippen molar-refractivity contribution in [2.24, 2.45) is 0 Å². The van der Waals surface area contributed by atoms with Crippen LogP contribution in [0.15, 0.2) is 35.5 Å². The maximum Gasteiger partial charge on any atom is 0.226 e. The van der Waals surface area contributed by atoms with Gasteiger partial charge in [0.05, 0.1) is 10.5 Å². The average molecular weight is 327 g/mol. The van der Waals surface area contributed by atoms with Crippen molar-refractivity contribution in [1.29, 1.82) is 0 Å². The van der Waals surface area contributed by atoms with E-state index in [9.17, 15) is 8.42 Å². The first kappa shape index (κ1) is 15.7. The summed E-state index contributed by atoms with van der Waals surface area (Å²) in [7, 11) is -3.22. The van der Waals surface area contributed by atoms with Gasteiger partial charge in [0.15, 0.2) is 9.84 Å². The first-order chi connectivity index (χ1) is 9.91. The lowest BCUT2D eigenvalue weighted by Crippen LogP contribution is -1.99. The third-order valence-corrected chi connectivity index (χ3v) is 4.27. The van der Waals surface area contributed by atoms with Crippen LogP contribution in [0.1, 0.15) is 18.9 Å². The molecule has 0 unspecified atom stereocenters. The fourth-order valence-corrected chi connectivity index (χ4v) is 2.64. The summed E-state index contributed by atoms with van der Waals surface area (Å²) in [4.78, 5) is 8.27. The number of hydrogen-bond donors (Lipinski definition) is 0. The summed E-state index contributed by atoms with van der Waals surface area (Å²) in [5.41, 5.74) is 0.744. The molecule has 0 bridgehead atoms. The van der Waals surface area contributed by atoms with Crippen LogP contribution < -0.4 is 4.74 Å². The van der Waals surface area contributed by atoms with Crippen molar-refractivity contribution < 1.29 is 13.2 Å². The van der Waals surface area contributed by atoms with Crippen molar-refractivity contribution in [3.05, 3.63) is 41.3 Å². The highest BCUT2D eigenvalue weighted by atomic mass is 35.5. The van der Waals surface area contributed by atoms with Crippen LogP contribution in [-0.4, -0.2) is 24.6 Å². The van der Waals surface area contributed by atoms with Crippen LogP contribution in [0.4, 0.5) is 0 Å². The quantitative estimate of drug-likeness (QED) is 0.789. The minimum absolute atomic E-state index is 0.240. The van der Waals surface area contributed by atoms with Gasteiger partial charge in [-0.15, -0.1) is 0 Å². The van der Waals surface area contributed by atoms with Gasteiger partial charge >= 0.3 is 0 Å². The molecule has 0 aliphatic carbocycles. The molecule has 0 N–H and O–H groups in total. The van der Waals surface area contributed by atoms with E-state index in [0.717, 1.165) is 18.2 Å². The van der Waals surface area contributed by atoms with Crippen LogP contribution in [-0.2, 0) is 16.3 Å². The Morgan fingerprint density at radius 3 is 2.43 bits per heavy atom. The van der Waals surface area contributed by atoms with Gasteiger partial charge in [-0.05, 0) is 30.7 Å². The predicted molar refractivity (Wildman–Crippen MR) is 80.7 cm³/mol. The molecule has 0 saturated heterocycles. The molecule has 21 heavy (non-hydrogen) atoms. The maximum atomic E-state index is 11.4. The summed E-state index contributed by atoms with van der Waals surface area (Å²) in [6.45, 7) is 2.02. The van der Waals surface area contributed by atoms with Crippen LogP contribution in [0.25, 0.3) is 0 Å². The molecule has 0 aliphatic heterocycles. The second-order valence-electron chi connectivity index (χ2n) is 4.54. The number of aromatic nitrogens is 2. The minimum atomic E-state index is -3.22. The first-order valence-electron chi connectivity index (χ1n) is 6.39. The highest BCUT2D eigenvalue weighted by Gasteiger charge is 2.12. The second-order valence-corrected chi connectivity index (χ2v) is 6.92. The first-order valence-corrected chi connectivity index (χ1v) is 8.66. The molecule has 112 valence electrons. The Balaban J connectivity index is 2.28. The van der Waals surface area contributed by atoms with E-state index in [1.54, 1.807) is 12.1 Å². The molecule has 0 fully saturated rings. The van der Waals surface area contributed by atoms with Gasteiger partial charge in [-0.1, -0.05) is 24.9 Å². The van der Waals surface area contributed by atoms with E-state index in [2.05, 4.69) is 9.97 Å². The van der Waals surface area contributed by atoms with Gasteiger partial charge in [0.1, 0.15) is 17.2 Å². The van der Waals surface area contributed by atoms with E-state index in [1.807, 2.05) is 6.92 Å². The SMILES string of the molecule is CCCc1c(Cl)ncnc1Oc1ccc(S(C)(=O)=O)cc1. The van der Waals surface area contributed by atoms with Gasteiger partial charge in [0.2, 0.25) is 5.88 Å². The highest BCUT2D eigenvalue weighted by molar-refractivity contribution is 7.90. The van der Waals surface area contributed by atoms with E-state index in [4.69, 9.17) is 16.3 Å². The highest BCUT2D eigenvalue weighted by Crippen LogP contribution is 2.28. The van der Waals surface area contributed by atoms with E-state index < -0.39 is 9.84 Å². The monoisotopic (exact) mass is 326 g/mol. The lowest BCUT2D eigenvalue weighted by molar-refractivity contribution is 0.453. The zero-order chi connectivity index (χ0) is 15.5. The number of nitrogens with zero attached hydrogens (tertiary/aromatic N) is 2. The molecule has 0 atom stereocenters. The molecule has 0 aliphatic rings. The largest absolute Gasteiger partial charge is 0.439 e. The molecule has 0 amide bonds. The van der Waals surface area contributed by atoms with Gasteiger partial charge in [0, 0.05) is 6.26 Å². The van der Waals surface area contributed by atoms with Crippen LogP contribution in [0, 0.1) is 0 Å². The molecule has 0 radical (unpaired) electrons. The number of benzene rings is 1. The molecule has 1 aromatic heterocycles. The van der Waals surface area contributed by atoms with E-state index in [0.29, 0.717) is 23.2 Å². The van der Waals surface area contributed by atoms with Gasteiger partial charge < -0.3 is 4.74 Å². The molecular formula is C14H15ClN2O3S. The van der Waals surface area contributed by atoms with Crippen molar-refractivity contribution in [3.8, 4) is 11.6 Å². The fourth-order valence-electron chi connectivity index (χ4n) is 1.79. The summed E-state index contributed by atoms with van der Waals surface area (Å²) >= 11 is 6.05. The van der Waals surface area contributed by atoms with Gasteiger partial charge in [-0.25, -0.2) is 18.4 Å². The molecule has 2 aromatic rings. The third kappa shape index (κ3) is 3.92. The molecule has 7 heteroatoms. The van der Waals surface area contributed by atoms with Crippen molar-refractivity contribution in [1.82, 2.24) is 9.97 Å². The molecule has 1 aromatic carbocycles. The third-order valence-electron chi connectivity index (χ3n) is 2.82. The normalized spacial score (nSPS) is 11.4. The Hall–Kier alpha value is -1.66. The van der Waals surface area contributed by atoms with Gasteiger partial charge in [-0.3, -0.25) is 0 Å². The number of halogens is 1.